The van der Waals surface area contributed by atoms with Crippen molar-refractivity contribution in [1.82, 2.24) is 0 Å². The number of allylic oxidation sites excluding steroid dienone is 7. The topological polar surface area (TPSA) is 26.0 Å². The summed E-state index contributed by atoms with van der Waals surface area (Å²) < 4.78 is 0. The van der Waals surface area contributed by atoms with E-state index in [0.717, 1.165) is 12.0 Å². The van der Waals surface area contributed by atoms with E-state index in [1.54, 1.807) is 0 Å². The molecule has 1 heteroatoms. The van der Waals surface area contributed by atoms with Crippen LogP contribution >= 0.6 is 0 Å². The van der Waals surface area contributed by atoms with Gasteiger partial charge in [0.1, 0.15) is 0 Å². The van der Waals surface area contributed by atoms with Crippen molar-refractivity contribution in [2.45, 2.75) is 6.42 Å². The molecule has 1 aliphatic rings. The van der Waals surface area contributed by atoms with Gasteiger partial charge in [0.15, 0.2) is 0 Å². The third kappa shape index (κ3) is 1.99. The number of rotatable bonds is 2. The van der Waals surface area contributed by atoms with Crippen molar-refractivity contribution in [1.29, 1.82) is 0 Å². The Labute approximate surface area is 73.3 Å². The molecular formula is C11H13N. The zero-order valence-corrected chi connectivity index (χ0v) is 7.09. The highest BCUT2D eigenvalue weighted by Gasteiger charge is 2.01. The van der Waals surface area contributed by atoms with Crippen molar-refractivity contribution in [3.05, 3.63) is 60.4 Å². The molecule has 1 nitrogen and oxygen atoms in total. The van der Waals surface area contributed by atoms with Crippen LogP contribution in [-0.2, 0) is 0 Å². The summed E-state index contributed by atoms with van der Waals surface area (Å²) in [5.74, 6) is 0. The van der Waals surface area contributed by atoms with E-state index in [-0.39, 0.29) is 0 Å². The minimum absolute atomic E-state index is 0.634. The van der Waals surface area contributed by atoms with E-state index in [2.05, 4.69) is 13.2 Å². The maximum atomic E-state index is 5.60. The molecule has 0 aromatic rings. The predicted molar refractivity (Wildman–Crippen MR) is 53.4 cm³/mol. The minimum atomic E-state index is 0.634. The average molecular weight is 159 g/mol. The molecule has 1 rings (SSSR count). The molecule has 0 bridgehead atoms. The van der Waals surface area contributed by atoms with Crippen LogP contribution in [0.1, 0.15) is 6.42 Å². The number of nitrogens with two attached hydrogens (primary N) is 1. The Balaban J connectivity index is 2.89. The maximum Gasteiger partial charge on any atom is 0.0276 e. The molecule has 0 amide bonds. The average Bonchev–Trinajstić information content (AvgIpc) is 2.28. The molecule has 0 aromatic heterocycles. The summed E-state index contributed by atoms with van der Waals surface area (Å²) in [7, 11) is 0. The smallest absolute Gasteiger partial charge is 0.0276 e. The van der Waals surface area contributed by atoms with Crippen molar-refractivity contribution in [2.24, 2.45) is 5.73 Å². The molecule has 0 unspecified atom stereocenters. The van der Waals surface area contributed by atoms with Gasteiger partial charge < -0.3 is 5.73 Å². The maximum absolute atomic E-state index is 5.60. The zero-order valence-electron chi connectivity index (χ0n) is 7.09. The third-order valence-electron chi connectivity index (χ3n) is 1.79. The molecule has 1 aliphatic carbocycles. The van der Waals surface area contributed by atoms with E-state index < -0.39 is 0 Å². The lowest BCUT2D eigenvalue weighted by atomic mass is 10.0. The van der Waals surface area contributed by atoms with Crippen molar-refractivity contribution in [3.8, 4) is 0 Å². The Morgan fingerprint density at radius 2 is 2.08 bits per heavy atom. The predicted octanol–water partition coefficient (Wildman–Crippen LogP) is 2.46. The first-order valence-corrected chi connectivity index (χ1v) is 3.87. The van der Waals surface area contributed by atoms with Crippen LogP contribution in [0.15, 0.2) is 60.4 Å². The second-order valence-electron chi connectivity index (χ2n) is 2.72. The largest absolute Gasteiger partial charge is 0.399 e. The molecule has 0 atom stereocenters. The van der Waals surface area contributed by atoms with E-state index in [4.69, 9.17) is 5.73 Å². The Hall–Kier alpha value is -1.50. The minimum Gasteiger partial charge on any atom is -0.399 e. The van der Waals surface area contributed by atoms with Crippen LogP contribution in [-0.4, -0.2) is 0 Å². The highest BCUT2D eigenvalue weighted by atomic mass is 14.6. The van der Waals surface area contributed by atoms with Crippen LogP contribution in [0.25, 0.3) is 0 Å². The van der Waals surface area contributed by atoms with Crippen molar-refractivity contribution < 1.29 is 0 Å². The molecule has 0 saturated heterocycles. The van der Waals surface area contributed by atoms with Gasteiger partial charge in [-0.15, -0.1) is 0 Å². The van der Waals surface area contributed by atoms with Crippen molar-refractivity contribution >= 4 is 0 Å². The molecule has 0 fully saturated rings. The molecule has 0 saturated carbocycles. The lowest BCUT2D eigenvalue weighted by Gasteiger charge is -2.04. The van der Waals surface area contributed by atoms with Gasteiger partial charge in [0.2, 0.25) is 0 Å². The second-order valence-corrected chi connectivity index (χ2v) is 2.72. The SMILES string of the molecule is C=CC1=CC=CC=C(C(=C)N)C1. The van der Waals surface area contributed by atoms with Gasteiger partial charge in [0, 0.05) is 5.70 Å². The Morgan fingerprint density at radius 1 is 1.42 bits per heavy atom. The Kier molecular flexibility index (Phi) is 2.70. The molecule has 2 N–H and O–H groups in total. The Morgan fingerprint density at radius 3 is 2.67 bits per heavy atom. The second kappa shape index (κ2) is 3.77. The molecule has 0 spiro atoms. The van der Waals surface area contributed by atoms with Crippen LogP contribution in [0.2, 0.25) is 0 Å². The lowest BCUT2D eigenvalue weighted by Crippen LogP contribution is -1.99. The normalized spacial score (nSPS) is 16.0. The standard InChI is InChI=1S/C11H13N/c1-3-10-6-4-5-7-11(8-10)9(2)12/h3-7H,1-2,8,12H2. The van der Waals surface area contributed by atoms with Gasteiger partial charge in [-0.2, -0.15) is 0 Å². The summed E-state index contributed by atoms with van der Waals surface area (Å²) in [6.07, 6.45) is 10.6. The zero-order chi connectivity index (χ0) is 8.97. The Bertz CT molecular complexity index is 290. The first-order chi connectivity index (χ1) is 5.74. The van der Waals surface area contributed by atoms with E-state index in [9.17, 15) is 0 Å². The van der Waals surface area contributed by atoms with E-state index in [1.165, 1.54) is 5.57 Å². The van der Waals surface area contributed by atoms with Crippen molar-refractivity contribution in [3.63, 3.8) is 0 Å². The van der Waals surface area contributed by atoms with Gasteiger partial charge >= 0.3 is 0 Å². The third-order valence-corrected chi connectivity index (χ3v) is 1.79. The molecule has 0 aliphatic heterocycles. The van der Waals surface area contributed by atoms with Gasteiger partial charge in [-0.1, -0.05) is 43.5 Å². The summed E-state index contributed by atoms with van der Waals surface area (Å²) >= 11 is 0. The monoisotopic (exact) mass is 159 g/mol. The van der Waals surface area contributed by atoms with Gasteiger partial charge in [-0.3, -0.25) is 0 Å². The van der Waals surface area contributed by atoms with E-state index >= 15 is 0 Å². The van der Waals surface area contributed by atoms with Crippen molar-refractivity contribution in [2.75, 3.05) is 0 Å². The van der Waals surface area contributed by atoms with E-state index in [1.807, 2.05) is 30.4 Å². The van der Waals surface area contributed by atoms with Crippen LogP contribution < -0.4 is 5.73 Å². The molecule has 0 aromatic carbocycles. The highest BCUT2D eigenvalue weighted by molar-refractivity contribution is 5.40. The lowest BCUT2D eigenvalue weighted by molar-refractivity contribution is 1.15. The first-order valence-electron chi connectivity index (χ1n) is 3.87. The summed E-state index contributed by atoms with van der Waals surface area (Å²) in [6.45, 7) is 7.42. The summed E-state index contributed by atoms with van der Waals surface area (Å²) in [6, 6.07) is 0. The molecule has 0 heterocycles. The summed E-state index contributed by atoms with van der Waals surface area (Å²) in [4.78, 5) is 0. The fraction of sp³-hybridized carbons (Fsp3) is 0.0909. The van der Waals surface area contributed by atoms with Gasteiger partial charge in [-0.05, 0) is 17.6 Å². The fourth-order valence-corrected chi connectivity index (χ4v) is 1.05. The summed E-state index contributed by atoms with van der Waals surface area (Å²) in [5.41, 5.74) is 8.46. The van der Waals surface area contributed by atoms with Crippen LogP contribution in [0.5, 0.6) is 0 Å². The first kappa shape index (κ1) is 8.60. The molecule has 62 valence electrons. The summed E-state index contributed by atoms with van der Waals surface area (Å²) in [5, 5.41) is 0. The van der Waals surface area contributed by atoms with Gasteiger partial charge in [0.25, 0.3) is 0 Å². The van der Waals surface area contributed by atoms with Gasteiger partial charge in [-0.25, -0.2) is 0 Å². The molecule has 12 heavy (non-hydrogen) atoms. The van der Waals surface area contributed by atoms with E-state index in [0.29, 0.717) is 5.70 Å². The number of hydrogen-bond acceptors (Lipinski definition) is 1. The van der Waals surface area contributed by atoms with Gasteiger partial charge in [0.05, 0.1) is 0 Å². The fourth-order valence-electron chi connectivity index (χ4n) is 1.05. The molecule has 0 radical (unpaired) electrons. The van der Waals surface area contributed by atoms with Crippen LogP contribution in [0, 0.1) is 0 Å². The van der Waals surface area contributed by atoms with Crippen LogP contribution in [0.4, 0.5) is 0 Å². The quantitative estimate of drug-likeness (QED) is 0.658. The molecular weight excluding hydrogens is 146 g/mol. The number of hydrogen-bond donors (Lipinski definition) is 1. The van der Waals surface area contributed by atoms with Crippen LogP contribution in [0.3, 0.4) is 0 Å². The highest BCUT2D eigenvalue weighted by Crippen LogP contribution is 2.18.